The zero-order valence-electron chi connectivity index (χ0n) is 14.3. The maximum Gasteiger partial charge on any atom is 0.239 e. The molecule has 2 N–H and O–H groups in total. The van der Waals surface area contributed by atoms with Gasteiger partial charge >= 0.3 is 0 Å². The maximum absolute atomic E-state index is 13.6. The molecule has 0 heterocycles. The van der Waals surface area contributed by atoms with Gasteiger partial charge in [0.15, 0.2) is 0 Å². The van der Waals surface area contributed by atoms with Crippen LogP contribution in [0.5, 0.6) is 0 Å². The van der Waals surface area contributed by atoms with Crippen molar-refractivity contribution in [2.45, 2.75) is 27.3 Å². The number of carbonyl (C=O) groups is 2. The topological polar surface area (TPSA) is 58.2 Å². The second-order valence-electron chi connectivity index (χ2n) is 6.32. The minimum absolute atomic E-state index is 0.0125. The molecular formula is C19H20ClFN2O2. The third kappa shape index (κ3) is 4.57. The van der Waals surface area contributed by atoms with Gasteiger partial charge in [-0.25, -0.2) is 4.39 Å². The predicted molar refractivity (Wildman–Crippen MR) is 96.8 cm³/mol. The second kappa shape index (κ2) is 7.66. The molecule has 0 unspecified atom stereocenters. The average molecular weight is 363 g/mol. The number of nitrogens with one attached hydrogen (secondary N) is 2. The lowest BCUT2D eigenvalue weighted by Gasteiger charge is -2.23. The maximum atomic E-state index is 13.6. The van der Waals surface area contributed by atoms with E-state index >= 15 is 0 Å². The summed E-state index contributed by atoms with van der Waals surface area (Å²) in [5.41, 5.74) is 0.428. The van der Waals surface area contributed by atoms with Crippen molar-refractivity contribution >= 4 is 29.1 Å². The van der Waals surface area contributed by atoms with Crippen LogP contribution in [0.25, 0.3) is 0 Å². The van der Waals surface area contributed by atoms with Gasteiger partial charge in [0.1, 0.15) is 11.2 Å². The van der Waals surface area contributed by atoms with Gasteiger partial charge in [0.2, 0.25) is 11.8 Å². The highest BCUT2D eigenvalue weighted by Crippen LogP contribution is 2.23. The van der Waals surface area contributed by atoms with Gasteiger partial charge in [-0.2, -0.15) is 0 Å². The highest BCUT2D eigenvalue weighted by Gasteiger charge is 2.36. The second-order valence-corrected chi connectivity index (χ2v) is 6.72. The van der Waals surface area contributed by atoms with Crippen LogP contribution >= 0.6 is 11.6 Å². The molecule has 0 saturated carbocycles. The first-order chi connectivity index (χ1) is 11.7. The van der Waals surface area contributed by atoms with Crippen molar-refractivity contribution in [3.63, 3.8) is 0 Å². The first kappa shape index (κ1) is 18.9. The first-order valence-electron chi connectivity index (χ1n) is 7.81. The number of hydrogen-bond acceptors (Lipinski definition) is 2. The van der Waals surface area contributed by atoms with Crippen molar-refractivity contribution < 1.29 is 14.0 Å². The quantitative estimate of drug-likeness (QED) is 0.788. The summed E-state index contributed by atoms with van der Waals surface area (Å²) in [6, 6.07) is 11.3. The molecule has 0 aliphatic carbocycles. The van der Waals surface area contributed by atoms with E-state index in [1.165, 1.54) is 19.9 Å². The summed E-state index contributed by atoms with van der Waals surface area (Å²) in [5, 5.41) is 5.81. The van der Waals surface area contributed by atoms with E-state index in [0.717, 1.165) is 5.56 Å². The van der Waals surface area contributed by atoms with Crippen molar-refractivity contribution in [3.05, 3.63) is 64.4 Å². The van der Waals surface area contributed by atoms with E-state index in [2.05, 4.69) is 10.6 Å². The summed E-state index contributed by atoms with van der Waals surface area (Å²) in [6.07, 6.45) is 0. The van der Waals surface area contributed by atoms with Crippen LogP contribution in [-0.2, 0) is 16.1 Å². The SMILES string of the molecule is Cc1ccc(NC(=O)C(C)(C)C(=O)NCc2ccccc2F)cc1Cl. The van der Waals surface area contributed by atoms with Gasteiger partial charge in [0.25, 0.3) is 0 Å². The Hall–Kier alpha value is -2.40. The minimum atomic E-state index is -1.33. The zero-order chi connectivity index (χ0) is 18.6. The molecule has 0 aliphatic rings. The summed E-state index contributed by atoms with van der Waals surface area (Å²) in [4.78, 5) is 24.8. The summed E-state index contributed by atoms with van der Waals surface area (Å²) < 4.78 is 13.6. The predicted octanol–water partition coefficient (Wildman–Crippen LogP) is 4.07. The minimum Gasteiger partial charge on any atom is -0.351 e. The van der Waals surface area contributed by atoms with Crippen molar-refractivity contribution in [3.8, 4) is 0 Å². The van der Waals surface area contributed by atoms with Gasteiger partial charge in [-0.3, -0.25) is 9.59 Å². The Bertz CT molecular complexity index is 806. The van der Waals surface area contributed by atoms with Crippen molar-refractivity contribution in [1.82, 2.24) is 5.32 Å². The number of anilines is 1. The summed E-state index contributed by atoms with van der Waals surface area (Å²) in [7, 11) is 0. The Morgan fingerprint density at radius 3 is 2.44 bits per heavy atom. The lowest BCUT2D eigenvalue weighted by Crippen LogP contribution is -2.45. The molecule has 2 aromatic rings. The lowest BCUT2D eigenvalue weighted by molar-refractivity contribution is -0.138. The fourth-order valence-corrected chi connectivity index (χ4v) is 2.28. The van der Waals surface area contributed by atoms with Crippen LogP contribution in [0.1, 0.15) is 25.0 Å². The highest BCUT2D eigenvalue weighted by atomic mass is 35.5. The Morgan fingerprint density at radius 2 is 1.80 bits per heavy atom. The molecule has 2 rings (SSSR count). The number of aryl methyl sites for hydroxylation is 1. The molecule has 0 spiro atoms. The molecule has 0 aliphatic heterocycles. The van der Waals surface area contributed by atoms with Gasteiger partial charge in [-0.1, -0.05) is 35.9 Å². The van der Waals surface area contributed by atoms with Gasteiger partial charge in [-0.15, -0.1) is 0 Å². The molecule has 2 aromatic carbocycles. The van der Waals surface area contributed by atoms with E-state index in [4.69, 9.17) is 11.6 Å². The molecule has 6 heteroatoms. The molecular weight excluding hydrogens is 343 g/mol. The van der Waals surface area contributed by atoms with Crippen molar-refractivity contribution in [1.29, 1.82) is 0 Å². The molecule has 4 nitrogen and oxygen atoms in total. The Balaban J connectivity index is 2.03. The van der Waals surface area contributed by atoms with Crippen LogP contribution in [0.2, 0.25) is 5.02 Å². The summed E-state index contributed by atoms with van der Waals surface area (Å²) in [6.45, 7) is 4.89. The molecule has 2 amide bonds. The standard InChI is InChI=1S/C19H20ClFN2O2/c1-12-8-9-14(10-15(12)20)23-18(25)19(2,3)17(24)22-11-13-6-4-5-7-16(13)21/h4-10H,11H2,1-3H3,(H,22,24)(H,23,25). The molecule has 132 valence electrons. The first-order valence-corrected chi connectivity index (χ1v) is 8.19. The Labute approximate surface area is 151 Å². The lowest BCUT2D eigenvalue weighted by atomic mass is 9.90. The van der Waals surface area contributed by atoms with Gasteiger partial charge in [-0.05, 0) is 44.5 Å². The number of benzene rings is 2. The fourth-order valence-electron chi connectivity index (χ4n) is 2.10. The molecule has 0 saturated heterocycles. The van der Waals surface area contributed by atoms with E-state index in [-0.39, 0.29) is 6.54 Å². The van der Waals surface area contributed by atoms with Crippen molar-refractivity contribution in [2.24, 2.45) is 5.41 Å². The third-order valence-corrected chi connectivity index (χ3v) is 4.37. The van der Waals surface area contributed by atoms with Crippen LogP contribution < -0.4 is 10.6 Å². The Kier molecular flexibility index (Phi) is 5.80. The normalized spacial score (nSPS) is 11.1. The van der Waals surface area contributed by atoms with E-state index in [1.807, 2.05) is 6.92 Å². The average Bonchev–Trinajstić information content (AvgIpc) is 2.57. The van der Waals surface area contributed by atoms with E-state index in [0.29, 0.717) is 16.3 Å². The molecule has 25 heavy (non-hydrogen) atoms. The van der Waals surface area contributed by atoms with Crippen LogP contribution in [0.4, 0.5) is 10.1 Å². The van der Waals surface area contributed by atoms with Crippen LogP contribution in [0.3, 0.4) is 0 Å². The largest absolute Gasteiger partial charge is 0.351 e. The van der Waals surface area contributed by atoms with Gasteiger partial charge in [0.05, 0.1) is 0 Å². The van der Waals surface area contributed by atoms with Crippen molar-refractivity contribution in [2.75, 3.05) is 5.32 Å². The van der Waals surface area contributed by atoms with Gasteiger partial charge in [0, 0.05) is 22.8 Å². The van der Waals surface area contributed by atoms with E-state index in [1.54, 1.807) is 36.4 Å². The molecule has 0 radical (unpaired) electrons. The highest BCUT2D eigenvalue weighted by molar-refractivity contribution is 6.31. The van der Waals surface area contributed by atoms with Crippen LogP contribution in [-0.4, -0.2) is 11.8 Å². The fraction of sp³-hybridized carbons (Fsp3) is 0.263. The number of amides is 2. The number of hydrogen-bond donors (Lipinski definition) is 2. The molecule has 0 aromatic heterocycles. The summed E-state index contributed by atoms with van der Waals surface area (Å²) in [5.74, 6) is -1.37. The molecule has 0 bridgehead atoms. The number of carbonyl (C=O) groups excluding carboxylic acids is 2. The third-order valence-electron chi connectivity index (χ3n) is 3.96. The van der Waals surface area contributed by atoms with E-state index in [9.17, 15) is 14.0 Å². The monoisotopic (exact) mass is 362 g/mol. The molecule has 0 atom stereocenters. The summed E-state index contributed by atoms with van der Waals surface area (Å²) >= 11 is 6.04. The zero-order valence-corrected chi connectivity index (χ0v) is 15.1. The molecule has 0 fully saturated rings. The van der Waals surface area contributed by atoms with E-state index < -0.39 is 23.0 Å². The number of rotatable bonds is 5. The van der Waals surface area contributed by atoms with Gasteiger partial charge < -0.3 is 10.6 Å². The van der Waals surface area contributed by atoms with Crippen LogP contribution in [0.15, 0.2) is 42.5 Å². The smallest absolute Gasteiger partial charge is 0.239 e. The Morgan fingerprint density at radius 1 is 1.12 bits per heavy atom. The van der Waals surface area contributed by atoms with Crippen LogP contribution in [0, 0.1) is 18.2 Å². The number of halogens is 2.